The fourth-order valence-corrected chi connectivity index (χ4v) is 3.56. The van der Waals surface area contributed by atoms with Crippen LogP contribution in [0.25, 0.3) is 0 Å². The largest absolute Gasteiger partial charge is 0.462 e. The van der Waals surface area contributed by atoms with Gasteiger partial charge in [-0.1, -0.05) is 44.9 Å². The van der Waals surface area contributed by atoms with Crippen LogP contribution >= 0.6 is 0 Å². The first kappa shape index (κ1) is 22.7. The minimum absolute atomic E-state index is 0.346. The summed E-state index contributed by atoms with van der Waals surface area (Å²) in [5, 5.41) is 0. The Morgan fingerprint density at radius 3 is 1.81 bits per heavy atom. The van der Waals surface area contributed by atoms with Crippen LogP contribution in [0, 0.1) is 19.3 Å². The van der Waals surface area contributed by atoms with Gasteiger partial charge in [0, 0.05) is 0 Å². The van der Waals surface area contributed by atoms with E-state index in [2.05, 4.69) is 46.8 Å². The Kier molecular flexibility index (Phi) is 8.86. The summed E-state index contributed by atoms with van der Waals surface area (Å²) >= 11 is 0. The van der Waals surface area contributed by atoms with E-state index >= 15 is 0 Å². The quantitative estimate of drug-likeness (QED) is 0.323. The van der Waals surface area contributed by atoms with Crippen molar-refractivity contribution < 1.29 is 9.53 Å². The summed E-state index contributed by atoms with van der Waals surface area (Å²) < 4.78 is 5.14. The van der Waals surface area contributed by atoms with Crippen molar-refractivity contribution in [2.75, 3.05) is 0 Å². The SMILES string of the molecule is Cc1cc(CCCCC(C)(C)C)c(C)c(CCCCC(C)(C)OC=O)c1. The van der Waals surface area contributed by atoms with E-state index < -0.39 is 0 Å². The number of carbonyl (C=O) groups is 1. The summed E-state index contributed by atoms with van der Waals surface area (Å²) in [7, 11) is 0. The molecule has 26 heavy (non-hydrogen) atoms. The molecule has 0 atom stereocenters. The van der Waals surface area contributed by atoms with Gasteiger partial charge in [-0.15, -0.1) is 0 Å². The third-order valence-electron chi connectivity index (χ3n) is 5.23. The molecule has 0 amide bonds. The molecule has 148 valence electrons. The Hall–Kier alpha value is -1.31. The second kappa shape index (κ2) is 10.1. The van der Waals surface area contributed by atoms with E-state index in [4.69, 9.17) is 4.74 Å². The standard InChI is InChI=1S/C24H40O2/c1-19-16-21(12-8-10-14-23(3,4)5)20(2)22(17-19)13-9-11-15-24(6,7)26-18-25/h16-18H,8-15H2,1-7H3. The third-order valence-corrected chi connectivity index (χ3v) is 5.23. The van der Waals surface area contributed by atoms with Crippen LogP contribution in [-0.4, -0.2) is 12.1 Å². The molecule has 0 saturated heterocycles. The number of rotatable bonds is 11. The lowest BCUT2D eigenvalue weighted by molar-refractivity contribution is -0.140. The van der Waals surface area contributed by atoms with Crippen molar-refractivity contribution in [1.29, 1.82) is 0 Å². The Labute approximate surface area is 161 Å². The van der Waals surface area contributed by atoms with Gasteiger partial charge in [0.05, 0.1) is 0 Å². The minimum atomic E-state index is -0.346. The van der Waals surface area contributed by atoms with E-state index in [1.165, 1.54) is 47.9 Å². The van der Waals surface area contributed by atoms with Crippen LogP contribution in [0.3, 0.4) is 0 Å². The molecule has 1 rings (SSSR count). The van der Waals surface area contributed by atoms with E-state index in [1.54, 1.807) is 0 Å². The van der Waals surface area contributed by atoms with Gasteiger partial charge in [-0.2, -0.15) is 0 Å². The molecule has 0 saturated carbocycles. The van der Waals surface area contributed by atoms with E-state index in [9.17, 15) is 4.79 Å². The van der Waals surface area contributed by atoms with Gasteiger partial charge in [-0.05, 0) is 94.7 Å². The number of ether oxygens (including phenoxy) is 1. The van der Waals surface area contributed by atoms with E-state index in [1.807, 2.05) is 13.8 Å². The smallest absolute Gasteiger partial charge is 0.293 e. The molecular formula is C24H40O2. The summed E-state index contributed by atoms with van der Waals surface area (Å²) in [4.78, 5) is 10.5. The minimum Gasteiger partial charge on any atom is -0.462 e. The van der Waals surface area contributed by atoms with Crippen LogP contribution in [-0.2, 0) is 22.4 Å². The molecule has 0 aromatic heterocycles. The second-order valence-electron chi connectivity index (χ2n) is 9.66. The van der Waals surface area contributed by atoms with E-state index in [0.29, 0.717) is 11.9 Å². The van der Waals surface area contributed by atoms with Crippen molar-refractivity contribution in [3.8, 4) is 0 Å². The monoisotopic (exact) mass is 360 g/mol. The average Bonchev–Trinajstić information content (AvgIpc) is 2.50. The summed E-state index contributed by atoms with van der Waals surface area (Å²) in [6, 6.07) is 4.72. The second-order valence-corrected chi connectivity index (χ2v) is 9.66. The highest BCUT2D eigenvalue weighted by atomic mass is 16.5. The zero-order chi connectivity index (χ0) is 19.8. The van der Waals surface area contributed by atoms with Gasteiger partial charge in [-0.3, -0.25) is 4.79 Å². The van der Waals surface area contributed by atoms with Crippen molar-refractivity contribution in [2.45, 2.75) is 105 Å². The van der Waals surface area contributed by atoms with Crippen LogP contribution in [0.2, 0.25) is 0 Å². The number of unbranched alkanes of at least 4 members (excludes halogenated alkanes) is 2. The van der Waals surface area contributed by atoms with Crippen molar-refractivity contribution in [3.05, 3.63) is 34.4 Å². The molecule has 0 fully saturated rings. The fourth-order valence-electron chi connectivity index (χ4n) is 3.56. The van der Waals surface area contributed by atoms with Crippen molar-refractivity contribution in [3.63, 3.8) is 0 Å². The van der Waals surface area contributed by atoms with E-state index in [-0.39, 0.29) is 5.60 Å². The molecule has 0 heterocycles. The number of hydrogen-bond donors (Lipinski definition) is 0. The summed E-state index contributed by atoms with van der Waals surface area (Å²) in [6.45, 7) is 16.0. The molecule has 0 aliphatic carbocycles. The molecule has 0 bridgehead atoms. The highest BCUT2D eigenvalue weighted by Crippen LogP contribution is 2.25. The molecule has 1 aromatic carbocycles. The lowest BCUT2D eigenvalue weighted by Crippen LogP contribution is -2.23. The molecule has 0 aliphatic heterocycles. The maximum absolute atomic E-state index is 10.5. The molecule has 2 nitrogen and oxygen atoms in total. The van der Waals surface area contributed by atoms with Crippen LogP contribution in [0.5, 0.6) is 0 Å². The van der Waals surface area contributed by atoms with Gasteiger partial charge in [0.25, 0.3) is 6.47 Å². The Balaban J connectivity index is 2.56. The average molecular weight is 361 g/mol. The number of benzene rings is 1. The lowest BCUT2D eigenvalue weighted by atomic mass is 9.88. The van der Waals surface area contributed by atoms with Gasteiger partial charge >= 0.3 is 0 Å². The van der Waals surface area contributed by atoms with E-state index in [0.717, 1.165) is 25.7 Å². The van der Waals surface area contributed by atoms with Gasteiger partial charge in [-0.25, -0.2) is 0 Å². The van der Waals surface area contributed by atoms with Crippen LogP contribution in [0.15, 0.2) is 12.1 Å². The van der Waals surface area contributed by atoms with Crippen molar-refractivity contribution in [2.24, 2.45) is 5.41 Å². The molecule has 0 N–H and O–H groups in total. The first-order chi connectivity index (χ1) is 12.0. The van der Waals surface area contributed by atoms with Gasteiger partial charge in [0.2, 0.25) is 0 Å². The molecule has 2 heteroatoms. The molecular weight excluding hydrogens is 320 g/mol. The highest BCUT2D eigenvalue weighted by Gasteiger charge is 2.18. The van der Waals surface area contributed by atoms with Gasteiger partial charge in [0.15, 0.2) is 0 Å². The Morgan fingerprint density at radius 1 is 0.846 bits per heavy atom. The maximum Gasteiger partial charge on any atom is 0.293 e. The zero-order valence-corrected chi connectivity index (χ0v) is 18.2. The molecule has 0 spiro atoms. The highest BCUT2D eigenvalue weighted by molar-refractivity contribution is 5.38. The zero-order valence-electron chi connectivity index (χ0n) is 18.2. The van der Waals surface area contributed by atoms with Crippen LogP contribution in [0.1, 0.15) is 95.4 Å². The third kappa shape index (κ3) is 8.87. The lowest BCUT2D eigenvalue weighted by Gasteiger charge is -2.22. The van der Waals surface area contributed by atoms with Crippen molar-refractivity contribution >= 4 is 6.47 Å². The maximum atomic E-state index is 10.5. The summed E-state index contributed by atoms with van der Waals surface area (Å²) in [6.07, 6.45) is 9.31. The first-order valence-corrected chi connectivity index (χ1v) is 10.2. The molecule has 1 aromatic rings. The van der Waals surface area contributed by atoms with Crippen LogP contribution < -0.4 is 0 Å². The first-order valence-electron chi connectivity index (χ1n) is 10.2. The number of carbonyl (C=O) groups excluding carboxylic acids is 1. The molecule has 0 unspecified atom stereocenters. The summed E-state index contributed by atoms with van der Waals surface area (Å²) in [5.41, 5.74) is 5.97. The van der Waals surface area contributed by atoms with Gasteiger partial charge in [0.1, 0.15) is 5.60 Å². The van der Waals surface area contributed by atoms with Crippen molar-refractivity contribution in [1.82, 2.24) is 0 Å². The Morgan fingerprint density at radius 2 is 1.35 bits per heavy atom. The number of hydrogen-bond acceptors (Lipinski definition) is 2. The fraction of sp³-hybridized carbons (Fsp3) is 0.708. The van der Waals surface area contributed by atoms with Crippen LogP contribution in [0.4, 0.5) is 0 Å². The molecule has 0 radical (unpaired) electrons. The normalized spacial score (nSPS) is 12.3. The number of aryl methyl sites for hydroxylation is 3. The van der Waals surface area contributed by atoms with Gasteiger partial charge < -0.3 is 4.74 Å². The Bertz CT molecular complexity index is 564. The molecule has 0 aliphatic rings. The topological polar surface area (TPSA) is 26.3 Å². The predicted octanol–water partition coefficient (Wildman–Crippen LogP) is 6.73. The summed E-state index contributed by atoms with van der Waals surface area (Å²) in [5.74, 6) is 0. The predicted molar refractivity (Wildman–Crippen MR) is 112 cm³/mol.